The van der Waals surface area contributed by atoms with Crippen LogP contribution < -0.4 is 16.0 Å². The third-order valence-corrected chi connectivity index (χ3v) is 7.41. The Balaban J connectivity index is 1.65. The summed E-state index contributed by atoms with van der Waals surface area (Å²) in [7, 11) is 0. The molecule has 1 aliphatic rings. The van der Waals surface area contributed by atoms with E-state index in [4.69, 9.17) is 11.6 Å². The maximum atomic E-state index is 13.8. The molecule has 1 saturated carbocycles. The first kappa shape index (κ1) is 31.6. The molecule has 1 aromatic heterocycles. The van der Waals surface area contributed by atoms with Gasteiger partial charge in [-0.1, -0.05) is 67.9 Å². The molecule has 0 radical (unpaired) electrons. The van der Waals surface area contributed by atoms with Gasteiger partial charge in [0.25, 0.3) is 11.7 Å². The van der Waals surface area contributed by atoms with E-state index >= 15 is 0 Å². The number of rotatable bonds is 11. The highest BCUT2D eigenvalue weighted by molar-refractivity contribution is 6.30. The van der Waals surface area contributed by atoms with E-state index in [0.717, 1.165) is 0 Å². The Morgan fingerprint density at radius 1 is 1.02 bits per heavy atom. The number of alkyl halides is 3. The van der Waals surface area contributed by atoms with Crippen LogP contribution in [0.3, 0.4) is 0 Å². The van der Waals surface area contributed by atoms with E-state index in [9.17, 15) is 32.3 Å². The number of halogens is 4. The number of nitrogens with zero attached hydrogens (tertiary/aromatic N) is 2. The van der Waals surface area contributed by atoms with E-state index in [1.807, 2.05) is 0 Å². The first-order chi connectivity index (χ1) is 20.3. The van der Waals surface area contributed by atoms with Crippen molar-refractivity contribution in [2.45, 2.75) is 56.4 Å². The molecule has 1 aliphatic carbocycles. The van der Waals surface area contributed by atoms with Gasteiger partial charge in [-0.05, 0) is 35.6 Å². The molecule has 9 nitrogen and oxygen atoms in total. The lowest BCUT2D eigenvalue weighted by atomic mass is 9.97. The molecule has 13 heteroatoms. The molecule has 1 heterocycles. The molecule has 3 aromatic rings. The molecule has 2 unspecified atom stereocenters. The number of hydrogen-bond donors (Lipinski definition) is 3. The van der Waals surface area contributed by atoms with Crippen molar-refractivity contribution in [3.8, 4) is 0 Å². The van der Waals surface area contributed by atoms with Crippen LogP contribution in [-0.2, 0) is 20.8 Å². The van der Waals surface area contributed by atoms with Crippen LogP contribution in [0.15, 0.2) is 73.2 Å². The van der Waals surface area contributed by atoms with Crippen molar-refractivity contribution < 1.29 is 32.3 Å². The monoisotopic (exact) mass is 615 g/mol. The van der Waals surface area contributed by atoms with Crippen molar-refractivity contribution in [3.63, 3.8) is 0 Å². The van der Waals surface area contributed by atoms with Gasteiger partial charge in [0.05, 0.1) is 12.2 Å². The van der Waals surface area contributed by atoms with Gasteiger partial charge >= 0.3 is 6.18 Å². The maximum absolute atomic E-state index is 13.8. The maximum Gasteiger partial charge on any atom is 0.452 e. The molecule has 1 fully saturated rings. The summed E-state index contributed by atoms with van der Waals surface area (Å²) in [6.07, 6.45) is -1.25. The molecule has 0 spiro atoms. The molecular weight excluding hydrogens is 587 g/mol. The van der Waals surface area contributed by atoms with Gasteiger partial charge in [0, 0.05) is 29.8 Å². The van der Waals surface area contributed by atoms with E-state index in [1.165, 1.54) is 32.4 Å². The summed E-state index contributed by atoms with van der Waals surface area (Å²) in [5, 5.41) is 7.96. The number of ketones is 1. The fourth-order valence-electron chi connectivity index (χ4n) is 4.84. The third kappa shape index (κ3) is 7.56. The standard InChI is InChI=1S/C30H29ClF3N5O4/c1-17(2)24(25(40)30(32,33)34)38-28(43)29(15-21(29)19-8-4-3-5-9-19)39-27(42)22(14-18-7-6-10-20(31)13-18)37-26(41)23-16-35-11-12-36-23/h3-13,16-17,21-22,24H,14-15H2,1-2H3,(H,37,41)(H,38,43)(H,39,42)/t21?,22-,24-,29?/m0/s1. The summed E-state index contributed by atoms with van der Waals surface area (Å²) in [6, 6.07) is 12.2. The van der Waals surface area contributed by atoms with Gasteiger partial charge in [-0.15, -0.1) is 0 Å². The van der Waals surface area contributed by atoms with E-state index in [-0.39, 0.29) is 18.5 Å². The molecule has 3 amide bonds. The minimum absolute atomic E-state index is 0.0344. The normalized spacial score (nSPS) is 19.2. The highest BCUT2D eigenvalue weighted by Crippen LogP contribution is 2.52. The van der Waals surface area contributed by atoms with Gasteiger partial charge in [-0.3, -0.25) is 24.2 Å². The van der Waals surface area contributed by atoms with Crippen molar-refractivity contribution in [1.82, 2.24) is 25.9 Å². The molecule has 226 valence electrons. The molecule has 43 heavy (non-hydrogen) atoms. The quantitative estimate of drug-likeness (QED) is 0.301. The fourth-order valence-corrected chi connectivity index (χ4v) is 5.06. The molecular formula is C30H29ClF3N5O4. The summed E-state index contributed by atoms with van der Waals surface area (Å²) in [5.41, 5.74) is -0.480. The first-order valence-electron chi connectivity index (χ1n) is 13.4. The summed E-state index contributed by atoms with van der Waals surface area (Å²) in [5.74, 6) is -6.00. The summed E-state index contributed by atoms with van der Waals surface area (Å²) < 4.78 is 40.0. The van der Waals surface area contributed by atoms with Crippen LogP contribution in [-0.4, -0.2) is 57.3 Å². The average molecular weight is 616 g/mol. The molecule has 0 saturated heterocycles. The van der Waals surface area contributed by atoms with E-state index in [0.29, 0.717) is 16.1 Å². The van der Waals surface area contributed by atoms with E-state index in [2.05, 4.69) is 25.9 Å². The van der Waals surface area contributed by atoms with Gasteiger partial charge in [-0.2, -0.15) is 13.2 Å². The van der Waals surface area contributed by atoms with Crippen LogP contribution in [0, 0.1) is 5.92 Å². The second kappa shape index (κ2) is 12.9. The van der Waals surface area contributed by atoms with Crippen molar-refractivity contribution in [2.24, 2.45) is 5.92 Å². The smallest absolute Gasteiger partial charge is 0.344 e. The summed E-state index contributed by atoms with van der Waals surface area (Å²) in [6.45, 7) is 2.76. The highest BCUT2D eigenvalue weighted by atomic mass is 35.5. The van der Waals surface area contributed by atoms with Gasteiger partial charge in [-0.25, -0.2) is 4.98 Å². The van der Waals surface area contributed by atoms with Crippen molar-refractivity contribution in [1.29, 1.82) is 0 Å². The first-order valence-corrected chi connectivity index (χ1v) is 13.8. The fraction of sp³-hybridized carbons (Fsp3) is 0.333. The average Bonchev–Trinajstić information content (AvgIpc) is 3.70. The van der Waals surface area contributed by atoms with Crippen molar-refractivity contribution in [2.75, 3.05) is 0 Å². The third-order valence-electron chi connectivity index (χ3n) is 7.18. The van der Waals surface area contributed by atoms with Gasteiger partial charge < -0.3 is 16.0 Å². The zero-order valence-electron chi connectivity index (χ0n) is 23.2. The second-order valence-electron chi connectivity index (χ2n) is 10.6. The number of carbonyl (C=O) groups is 4. The molecule has 0 bridgehead atoms. The van der Waals surface area contributed by atoms with Gasteiger partial charge in [0.1, 0.15) is 17.3 Å². The minimum Gasteiger partial charge on any atom is -0.344 e. The predicted molar refractivity (Wildman–Crippen MR) is 151 cm³/mol. The number of benzene rings is 2. The molecule has 0 aliphatic heterocycles. The Hall–Kier alpha value is -4.32. The lowest BCUT2D eigenvalue weighted by molar-refractivity contribution is -0.175. The second-order valence-corrected chi connectivity index (χ2v) is 11.1. The van der Waals surface area contributed by atoms with Crippen LogP contribution in [0.25, 0.3) is 0 Å². The number of nitrogens with one attached hydrogen (secondary N) is 3. The lowest BCUT2D eigenvalue weighted by Crippen LogP contribution is -2.60. The molecule has 3 N–H and O–H groups in total. The predicted octanol–water partition coefficient (Wildman–Crippen LogP) is 3.79. The van der Waals surface area contributed by atoms with Crippen molar-refractivity contribution in [3.05, 3.63) is 95.0 Å². The Morgan fingerprint density at radius 2 is 1.74 bits per heavy atom. The van der Waals surface area contributed by atoms with Crippen LogP contribution in [0.4, 0.5) is 13.2 Å². The molecule has 4 rings (SSSR count). The van der Waals surface area contributed by atoms with Crippen LogP contribution in [0.1, 0.15) is 47.8 Å². The Morgan fingerprint density at radius 3 is 2.35 bits per heavy atom. The largest absolute Gasteiger partial charge is 0.452 e. The molecule has 2 aromatic carbocycles. The van der Waals surface area contributed by atoms with Crippen molar-refractivity contribution >= 4 is 35.1 Å². The van der Waals surface area contributed by atoms with Crippen LogP contribution >= 0.6 is 11.6 Å². The SMILES string of the molecule is CC(C)[C@H](NC(=O)C1(NC(=O)[C@H](Cc2cccc(Cl)c2)NC(=O)c2cnccn2)CC1c1ccccc1)C(=O)C(F)(F)F. The van der Waals surface area contributed by atoms with Gasteiger partial charge in [0.15, 0.2) is 0 Å². The zero-order chi connectivity index (χ0) is 31.4. The highest BCUT2D eigenvalue weighted by Gasteiger charge is 2.63. The Kier molecular flexibility index (Phi) is 9.49. The number of carbonyl (C=O) groups excluding carboxylic acids is 4. The molecule has 4 atom stereocenters. The zero-order valence-corrected chi connectivity index (χ0v) is 23.9. The number of aromatic nitrogens is 2. The Bertz CT molecular complexity index is 1490. The topological polar surface area (TPSA) is 130 Å². The number of amides is 3. The number of hydrogen-bond acceptors (Lipinski definition) is 6. The van der Waals surface area contributed by atoms with Crippen LogP contribution in [0.5, 0.6) is 0 Å². The van der Waals surface area contributed by atoms with Gasteiger partial charge in [0.2, 0.25) is 11.8 Å². The van der Waals surface area contributed by atoms with Crippen LogP contribution in [0.2, 0.25) is 5.02 Å². The summed E-state index contributed by atoms with van der Waals surface area (Å²) >= 11 is 6.12. The Labute approximate surface area is 250 Å². The van der Waals surface area contributed by atoms with E-state index in [1.54, 1.807) is 54.6 Å². The lowest BCUT2D eigenvalue weighted by Gasteiger charge is -2.28. The summed E-state index contributed by atoms with van der Waals surface area (Å²) in [4.78, 5) is 60.5. The van der Waals surface area contributed by atoms with E-state index < -0.39 is 59.1 Å². The minimum atomic E-state index is -5.17. The number of Topliss-reactive ketones (excluding diaryl/α,β-unsaturated/α-hetero) is 1.